The second-order valence-electron chi connectivity index (χ2n) is 4.65. The van der Waals surface area contributed by atoms with E-state index in [1.54, 1.807) is 0 Å². The Morgan fingerprint density at radius 3 is 2.94 bits per heavy atom. The van der Waals surface area contributed by atoms with Crippen molar-refractivity contribution in [2.24, 2.45) is 5.73 Å². The molecule has 1 aliphatic heterocycles. The maximum absolute atomic E-state index is 6.33. The van der Waals surface area contributed by atoms with E-state index in [9.17, 15) is 0 Å². The number of nitrogens with zero attached hydrogens (tertiary/aromatic N) is 1. The number of pyridine rings is 1. The Labute approximate surface area is 112 Å². The van der Waals surface area contributed by atoms with Crippen LogP contribution >= 0.6 is 23.5 Å². The normalized spacial score (nSPS) is 31.1. The van der Waals surface area contributed by atoms with Crippen molar-refractivity contribution >= 4 is 23.5 Å². The minimum atomic E-state index is 0.242. The predicted molar refractivity (Wildman–Crippen MR) is 78.7 cm³/mol. The molecule has 0 radical (unpaired) electrons. The molecule has 0 bridgehead atoms. The topological polar surface area (TPSA) is 38.9 Å². The van der Waals surface area contributed by atoms with E-state index in [0.717, 1.165) is 11.7 Å². The fourth-order valence-electron chi connectivity index (χ4n) is 1.95. The van der Waals surface area contributed by atoms with Gasteiger partial charge in [0.2, 0.25) is 0 Å². The molecule has 1 saturated heterocycles. The smallest absolute Gasteiger partial charge is 0.0300 e. The highest BCUT2D eigenvalue weighted by atomic mass is 32.2. The average molecular weight is 268 g/mol. The zero-order chi connectivity index (χ0) is 12.3. The van der Waals surface area contributed by atoms with E-state index < -0.39 is 0 Å². The van der Waals surface area contributed by atoms with Crippen molar-refractivity contribution in [2.75, 3.05) is 5.75 Å². The third-order valence-electron chi connectivity index (χ3n) is 3.25. The molecular weight excluding hydrogens is 248 g/mol. The lowest BCUT2D eigenvalue weighted by molar-refractivity contribution is 0.655. The summed E-state index contributed by atoms with van der Waals surface area (Å²) in [6, 6.07) is 4.33. The molecule has 2 heterocycles. The van der Waals surface area contributed by atoms with Crippen molar-refractivity contribution in [1.29, 1.82) is 0 Å². The molecule has 4 atom stereocenters. The molecule has 0 spiro atoms. The quantitative estimate of drug-likeness (QED) is 0.914. The molecular formula is C13H20N2S2. The highest BCUT2D eigenvalue weighted by Crippen LogP contribution is 2.37. The Balaban J connectivity index is 1.90. The van der Waals surface area contributed by atoms with E-state index in [-0.39, 0.29) is 6.04 Å². The highest BCUT2D eigenvalue weighted by Gasteiger charge is 2.29. The van der Waals surface area contributed by atoms with Gasteiger partial charge < -0.3 is 5.73 Å². The minimum Gasteiger partial charge on any atom is -0.326 e. The molecule has 17 heavy (non-hydrogen) atoms. The fraction of sp³-hybridized carbons (Fsp3) is 0.615. The van der Waals surface area contributed by atoms with E-state index in [4.69, 9.17) is 5.73 Å². The molecule has 2 N–H and O–H groups in total. The van der Waals surface area contributed by atoms with Gasteiger partial charge in [-0.3, -0.25) is 4.98 Å². The summed E-state index contributed by atoms with van der Waals surface area (Å²) in [7, 11) is 0. The molecule has 1 aromatic heterocycles. The first-order valence-corrected chi connectivity index (χ1v) is 8.07. The lowest BCUT2D eigenvalue weighted by atomic mass is 10.1. The molecule has 1 aromatic rings. The van der Waals surface area contributed by atoms with Crippen molar-refractivity contribution < 1.29 is 0 Å². The van der Waals surface area contributed by atoms with Crippen molar-refractivity contribution in [2.45, 2.75) is 42.1 Å². The summed E-state index contributed by atoms with van der Waals surface area (Å²) in [6.45, 7) is 4.62. The van der Waals surface area contributed by atoms with Gasteiger partial charge in [-0.25, -0.2) is 0 Å². The molecule has 0 saturated carbocycles. The van der Waals surface area contributed by atoms with Gasteiger partial charge in [-0.05, 0) is 18.1 Å². The van der Waals surface area contributed by atoms with Crippen LogP contribution in [0, 0.1) is 0 Å². The van der Waals surface area contributed by atoms with Gasteiger partial charge in [-0.2, -0.15) is 23.5 Å². The third-order valence-corrected chi connectivity index (χ3v) is 6.82. The summed E-state index contributed by atoms with van der Waals surface area (Å²) in [5.74, 6) is 1.18. The SMILES string of the molecule is CC1SCC(C(N)Cc2cccnc2)SC1C. The van der Waals surface area contributed by atoms with Crippen LogP contribution in [0.1, 0.15) is 19.4 Å². The van der Waals surface area contributed by atoms with Crippen LogP contribution in [0.15, 0.2) is 24.5 Å². The van der Waals surface area contributed by atoms with Crippen molar-refractivity contribution in [3.05, 3.63) is 30.1 Å². The van der Waals surface area contributed by atoms with Gasteiger partial charge in [0.25, 0.3) is 0 Å². The molecule has 0 amide bonds. The van der Waals surface area contributed by atoms with Crippen LogP contribution in [-0.2, 0) is 6.42 Å². The van der Waals surface area contributed by atoms with Crippen molar-refractivity contribution in [3.63, 3.8) is 0 Å². The number of aromatic nitrogens is 1. The van der Waals surface area contributed by atoms with Crippen LogP contribution in [-0.4, -0.2) is 32.5 Å². The molecule has 1 fully saturated rings. The molecule has 2 rings (SSSR count). The number of hydrogen-bond acceptors (Lipinski definition) is 4. The van der Waals surface area contributed by atoms with E-state index in [0.29, 0.717) is 10.5 Å². The zero-order valence-electron chi connectivity index (χ0n) is 10.4. The number of rotatable bonds is 3. The van der Waals surface area contributed by atoms with Crippen LogP contribution in [0.3, 0.4) is 0 Å². The molecule has 0 aliphatic carbocycles. The molecule has 4 unspecified atom stereocenters. The van der Waals surface area contributed by atoms with Gasteiger partial charge in [0.15, 0.2) is 0 Å². The van der Waals surface area contributed by atoms with Gasteiger partial charge >= 0.3 is 0 Å². The maximum Gasteiger partial charge on any atom is 0.0300 e. The Morgan fingerprint density at radius 2 is 2.29 bits per heavy atom. The van der Waals surface area contributed by atoms with Crippen LogP contribution in [0.4, 0.5) is 0 Å². The predicted octanol–water partition coefficient (Wildman–Crippen LogP) is 2.58. The van der Waals surface area contributed by atoms with E-state index >= 15 is 0 Å². The summed E-state index contributed by atoms with van der Waals surface area (Å²) in [5, 5.41) is 2.03. The lowest BCUT2D eigenvalue weighted by Gasteiger charge is -2.34. The summed E-state index contributed by atoms with van der Waals surface area (Å²) >= 11 is 4.11. The Kier molecular flexibility index (Phi) is 4.77. The molecule has 2 nitrogen and oxygen atoms in total. The standard InChI is InChI=1S/C13H20N2S2/c1-9-10(2)17-13(8-16-9)12(14)6-11-4-3-5-15-7-11/h3-5,7,9-10,12-13H,6,8,14H2,1-2H3. The Bertz CT molecular complexity index is 345. The first-order chi connectivity index (χ1) is 8.16. The van der Waals surface area contributed by atoms with Gasteiger partial charge in [0, 0.05) is 39.9 Å². The number of hydrogen-bond donors (Lipinski definition) is 1. The zero-order valence-corrected chi connectivity index (χ0v) is 12.0. The summed E-state index contributed by atoms with van der Waals surface area (Å²) in [4.78, 5) is 4.14. The Morgan fingerprint density at radius 1 is 1.47 bits per heavy atom. The molecule has 4 heteroatoms. The van der Waals surface area contributed by atoms with Crippen molar-refractivity contribution in [1.82, 2.24) is 4.98 Å². The first kappa shape index (κ1) is 13.2. The molecule has 94 valence electrons. The van der Waals surface area contributed by atoms with E-state index in [2.05, 4.69) is 48.4 Å². The third kappa shape index (κ3) is 3.63. The lowest BCUT2D eigenvalue weighted by Crippen LogP contribution is -2.41. The Hall–Kier alpha value is -0.190. The molecule has 0 aromatic carbocycles. The van der Waals surface area contributed by atoms with Gasteiger partial charge in [0.1, 0.15) is 0 Å². The minimum absolute atomic E-state index is 0.242. The largest absolute Gasteiger partial charge is 0.326 e. The summed E-state index contributed by atoms with van der Waals surface area (Å²) < 4.78 is 0. The second kappa shape index (κ2) is 6.12. The van der Waals surface area contributed by atoms with Crippen LogP contribution in [0.25, 0.3) is 0 Å². The second-order valence-corrected chi connectivity index (χ2v) is 7.68. The monoisotopic (exact) mass is 268 g/mol. The van der Waals surface area contributed by atoms with Crippen LogP contribution < -0.4 is 5.73 Å². The van der Waals surface area contributed by atoms with Crippen LogP contribution in [0.5, 0.6) is 0 Å². The van der Waals surface area contributed by atoms with E-state index in [1.807, 2.05) is 18.5 Å². The van der Waals surface area contributed by atoms with Gasteiger partial charge in [-0.15, -0.1) is 0 Å². The maximum atomic E-state index is 6.33. The fourth-order valence-corrected chi connectivity index (χ4v) is 5.02. The number of nitrogens with two attached hydrogens (primary N) is 1. The summed E-state index contributed by atoms with van der Waals surface area (Å²) in [6.07, 6.45) is 4.67. The summed E-state index contributed by atoms with van der Waals surface area (Å²) in [5.41, 5.74) is 7.57. The first-order valence-electron chi connectivity index (χ1n) is 6.08. The molecule has 1 aliphatic rings. The average Bonchev–Trinajstić information content (AvgIpc) is 2.34. The number of thioether (sulfide) groups is 2. The van der Waals surface area contributed by atoms with Crippen LogP contribution in [0.2, 0.25) is 0 Å². The van der Waals surface area contributed by atoms with Gasteiger partial charge in [-0.1, -0.05) is 19.9 Å². The van der Waals surface area contributed by atoms with Crippen molar-refractivity contribution in [3.8, 4) is 0 Å². The van der Waals surface area contributed by atoms with E-state index in [1.165, 1.54) is 11.3 Å². The van der Waals surface area contributed by atoms with Gasteiger partial charge in [0.05, 0.1) is 0 Å². The highest BCUT2D eigenvalue weighted by molar-refractivity contribution is 8.07.